The summed E-state index contributed by atoms with van der Waals surface area (Å²) in [4.78, 5) is 37.3. The molecule has 2 aliphatic rings. The first-order valence-corrected chi connectivity index (χ1v) is 12.4. The van der Waals surface area contributed by atoms with Crippen LogP contribution in [0.15, 0.2) is 69.9 Å². The number of amides is 1. The number of aryl methyl sites for hydroxylation is 1. The lowest BCUT2D eigenvalue weighted by Crippen LogP contribution is -2.34. The normalized spacial score (nSPS) is 11.5. The molecule has 198 valence electrons. The first kappa shape index (κ1) is 26.9. The number of hydrogen-bond acceptors (Lipinski definition) is 7. The first-order valence-electron chi connectivity index (χ1n) is 12.4. The van der Waals surface area contributed by atoms with Crippen LogP contribution in [0.4, 0.5) is 4.79 Å². The van der Waals surface area contributed by atoms with Gasteiger partial charge < -0.3 is 23.9 Å². The Morgan fingerprint density at radius 2 is 1.74 bits per heavy atom. The number of ketones is 1. The maximum atomic E-state index is 13.7. The van der Waals surface area contributed by atoms with Gasteiger partial charge >= 0.3 is 6.09 Å². The lowest BCUT2D eigenvalue weighted by Gasteiger charge is -2.19. The largest absolute Gasteiger partial charge is 0.491 e. The fourth-order valence-corrected chi connectivity index (χ4v) is 4.01. The number of fused-ring (bicyclic) bond motifs is 2. The summed E-state index contributed by atoms with van der Waals surface area (Å²) in [6.45, 7) is 8.49. The van der Waals surface area contributed by atoms with Gasteiger partial charge in [0.2, 0.25) is 0 Å². The molecule has 0 spiro atoms. The van der Waals surface area contributed by atoms with E-state index in [-0.39, 0.29) is 17.8 Å². The fourth-order valence-electron chi connectivity index (χ4n) is 4.01. The zero-order chi connectivity index (χ0) is 27.3. The average Bonchev–Trinajstić information content (AvgIpc) is 2.85. The number of alkyl carbamates (subject to hydrolysis) is 1. The highest BCUT2D eigenvalue weighted by Gasteiger charge is 2.23. The third-order valence-corrected chi connectivity index (χ3v) is 5.69. The second kappa shape index (κ2) is 11.5. The van der Waals surface area contributed by atoms with Gasteiger partial charge in [0.1, 0.15) is 29.3 Å². The van der Waals surface area contributed by atoms with Gasteiger partial charge in [-0.1, -0.05) is 24.3 Å². The van der Waals surface area contributed by atoms with Crippen molar-refractivity contribution in [3.05, 3.63) is 87.6 Å². The number of ether oxygens (including phenoxy) is 3. The van der Waals surface area contributed by atoms with E-state index < -0.39 is 11.7 Å². The molecule has 0 atom stereocenters. The van der Waals surface area contributed by atoms with Gasteiger partial charge in [0.25, 0.3) is 0 Å². The SMILES string of the molecule is Cc1ccccc1C(=O)c1c2ccc(=O)cc-2oc2cc(OCCOCCNC(=O)OC(C)(C)C)ccc12. The van der Waals surface area contributed by atoms with Crippen LogP contribution in [0, 0.1) is 6.92 Å². The van der Waals surface area contributed by atoms with E-state index in [9.17, 15) is 14.4 Å². The predicted molar refractivity (Wildman–Crippen MR) is 144 cm³/mol. The number of carbonyl (C=O) groups is 2. The quantitative estimate of drug-likeness (QED) is 0.181. The molecule has 0 bridgehead atoms. The zero-order valence-corrected chi connectivity index (χ0v) is 22.0. The fraction of sp³-hybridized carbons (Fsp3) is 0.300. The molecule has 1 aliphatic carbocycles. The smallest absolute Gasteiger partial charge is 0.407 e. The maximum Gasteiger partial charge on any atom is 0.407 e. The second-order valence-electron chi connectivity index (χ2n) is 9.83. The van der Waals surface area contributed by atoms with Crippen molar-refractivity contribution in [2.24, 2.45) is 0 Å². The Hall–Kier alpha value is -4.17. The minimum absolute atomic E-state index is 0.144. The van der Waals surface area contributed by atoms with E-state index >= 15 is 0 Å². The van der Waals surface area contributed by atoms with Crippen LogP contribution in [-0.4, -0.2) is 43.8 Å². The van der Waals surface area contributed by atoms with Crippen molar-refractivity contribution in [1.29, 1.82) is 0 Å². The van der Waals surface area contributed by atoms with E-state index in [2.05, 4.69) is 5.32 Å². The van der Waals surface area contributed by atoms with Crippen LogP contribution < -0.4 is 15.5 Å². The van der Waals surface area contributed by atoms with E-state index in [4.69, 9.17) is 18.6 Å². The lowest BCUT2D eigenvalue weighted by molar-refractivity contribution is 0.0488. The Morgan fingerprint density at radius 3 is 2.50 bits per heavy atom. The third kappa shape index (κ3) is 6.58. The number of benzene rings is 3. The molecule has 0 fully saturated rings. The summed E-state index contributed by atoms with van der Waals surface area (Å²) in [7, 11) is 0. The molecular formula is C30H31NO7. The molecule has 8 nitrogen and oxygen atoms in total. The molecule has 0 radical (unpaired) electrons. The number of carbonyl (C=O) groups excluding carboxylic acids is 2. The summed E-state index contributed by atoms with van der Waals surface area (Å²) < 4.78 is 22.5. The summed E-state index contributed by atoms with van der Waals surface area (Å²) in [5.74, 6) is 0.721. The van der Waals surface area contributed by atoms with Gasteiger partial charge in [-0.2, -0.15) is 0 Å². The molecule has 2 aromatic rings. The Morgan fingerprint density at radius 1 is 0.947 bits per heavy atom. The van der Waals surface area contributed by atoms with E-state index in [1.54, 1.807) is 51.1 Å². The Kier molecular flexibility index (Phi) is 8.12. The highest BCUT2D eigenvalue weighted by Crippen LogP contribution is 2.36. The van der Waals surface area contributed by atoms with Crippen LogP contribution in [0.2, 0.25) is 0 Å². The standard InChI is InChI=1S/C30H31NO7/c1-19-7-5-6-8-22(19)28(33)27-23-11-9-20(32)17-25(23)37-26-18-21(10-12-24(26)27)36-16-15-35-14-13-31-29(34)38-30(2,3)4/h5-12,17-18H,13-16H2,1-4H3,(H,31,34). The molecule has 4 rings (SSSR count). The van der Waals surface area contributed by atoms with Crippen molar-refractivity contribution in [2.45, 2.75) is 33.3 Å². The molecule has 1 aliphatic heterocycles. The first-order chi connectivity index (χ1) is 18.1. The Bertz CT molecular complexity index is 1480. The highest BCUT2D eigenvalue weighted by molar-refractivity contribution is 6.20. The second-order valence-corrected chi connectivity index (χ2v) is 9.83. The summed E-state index contributed by atoms with van der Waals surface area (Å²) in [5, 5.41) is 3.25. The number of rotatable bonds is 9. The van der Waals surface area contributed by atoms with Gasteiger partial charge in [-0.15, -0.1) is 0 Å². The van der Waals surface area contributed by atoms with E-state index in [1.165, 1.54) is 12.1 Å². The van der Waals surface area contributed by atoms with E-state index in [0.717, 1.165) is 5.56 Å². The van der Waals surface area contributed by atoms with Crippen LogP contribution in [-0.2, 0) is 9.47 Å². The molecule has 1 N–H and O–H groups in total. The van der Waals surface area contributed by atoms with Crippen molar-refractivity contribution in [3.63, 3.8) is 0 Å². The van der Waals surface area contributed by atoms with Crippen molar-refractivity contribution < 1.29 is 28.2 Å². The monoisotopic (exact) mass is 517 g/mol. The number of nitrogens with one attached hydrogen (secondary N) is 1. The molecule has 0 aromatic heterocycles. The molecule has 0 saturated heterocycles. The van der Waals surface area contributed by atoms with Crippen LogP contribution in [0.5, 0.6) is 5.75 Å². The number of hydrogen-bond donors (Lipinski definition) is 1. The van der Waals surface area contributed by atoms with Gasteiger partial charge in [-0.3, -0.25) is 9.59 Å². The molecular weight excluding hydrogens is 486 g/mol. The summed E-state index contributed by atoms with van der Waals surface area (Å²) in [6, 6.07) is 17.1. The van der Waals surface area contributed by atoms with Gasteiger partial charge in [0, 0.05) is 40.8 Å². The highest BCUT2D eigenvalue weighted by atomic mass is 16.6. The topological polar surface area (TPSA) is 104 Å². The summed E-state index contributed by atoms with van der Waals surface area (Å²) in [5.41, 5.74) is 2.17. The van der Waals surface area contributed by atoms with E-state index in [0.29, 0.717) is 58.9 Å². The molecule has 1 heterocycles. The van der Waals surface area contributed by atoms with Crippen molar-refractivity contribution in [1.82, 2.24) is 5.32 Å². The lowest BCUT2D eigenvalue weighted by atomic mass is 9.91. The molecule has 1 amide bonds. The Balaban J connectivity index is 1.46. The van der Waals surface area contributed by atoms with Gasteiger partial charge in [-0.25, -0.2) is 4.79 Å². The van der Waals surface area contributed by atoms with Crippen LogP contribution >= 0.6 is 0 Å². The molecule has 38 heavy (non-hydrogen) atoms. The summed E-state index contributed by atoms with van der Waals surface area (Å²) in [6.07, 6.45) is -0.492. The van der Waals surface area contributed by atoms with Crippen molar-refractivity contribution in [2.75, 3.05) is 26.4 Å². The average molecular weight is 518 g/mol. The van der Waals surface area contributed by atoms with Crippen molar-refractivity contribution >= 4 is 22.8 Å². The molecule has 2 aromatic carbocycles. The predicted octanol–water partition coefficient (Wildman–Crippen LogP) is 5.36. The summed E-state index contributed by atoms with van der Waals surface area (Å²) >= 11 is 0. The third-order valence-electron chi connectivity index (χ3n) is 5.69. The zero-order valence-electron chi connectivity index (χ0n) is 22.0. The molecule has 8 heteroatoms. The van der Waals surface area contributed by atoms with E-state index in [1.807, 2.05) is 25.1 Å². The molecule has 0 saturated carbocycles. The maximum absolute atomic E-state index is 13.7. The molecule has 0 unspecified atom stereocenters. The Labute approximate surface area is 220 Å². The minimum Gasteiger partial charge on any atom is -0.491 e. The van der Waals surface area contributed by atoms with Gasteiger partial charge in [0.05, 0.1) is 13.2 Å². The van der Waals surface area contributed by atoms with Crippen LogP contribution in [0.3, 0.4) is 0 Å². The minimum atomic E-state index is -0.553. The van der Waals surface area contributed by atoms with Gasteiger partial charge in [-0.05, 0) is 57.5 Å². The van der Waals surface area contributed by atoms with Crippen LogP contribution in [0.25, 0.3) is 22.3 Å². The van der Waals surface area contributed by atoms with Crippen molar-refractivity contribution in [3.8, 4) is 17.1 Å². The van der Waals surface area contributed by atoms with Gasteiger partial charge in [0.15, 0.2) is 11.2 Å². The van der Waals surface area contributed by atoms with Crippen LogP contribution in [0.1, 0.15) is 42.3 Å².